The normalized spacial score (nSPS) is 11.0. The summed E-state index contributed by atoms with van der Waals surface area (Å²) >= 11 is 0. The van der Waals surface area contributed by atoms with Crippen LogP contribution in [-0.4, -0.2) is 18.5 Å². The summed E-state index contributed by atoms with van der Waals surface area (Å²) in [5, 5.41) is 3.08. The van der Waals surface area contributed by atoms with Gasteiger partial charge in [-0.2, -0.15) is 0 Å². The molecule has 2 aromatic carbocycles. The number of ether oxygens (including phenoxy) is 1. The predicted octanol–water partition coefficient (Wildman–Crippen LogP) is 3.74. The van der Waals surface area contributed by atoms with Crippen molar-refractivity contribution >= 4 is 29.9 Å². The molecule has 0 saturated carbocycles. The van der Waals surface area contributed by atoms with Crippen LogP contribution in [0, 0.1) is 0 Å². The second-order valence-corrected chi connectivity index (χ2v) is 5.74. The van der Waals surface area contributed by atoms with Gasteiger partial charge in [0.25, 0.3) is 0 Å². The van der Waals surface area contributed by atoms with Crippen LogP contribution >= 0.6 is 24.0 Å². The molecule has 2 aromatic rings. The average Bonchev–Trinajstić information content (AvgIpc) is 2.54. The Balaban J connectivity index is 0.00000288. The minimum Gasteiger partial charge on any atom is -0.489 e. The molecule has 2 rings (SSSR count). The number of halogens is 1. The molecular weight excluding hydrogens is 413 g/mol. The van der Waals surface area contributed by atoms with E-state index in [1.807, 2.05) is 44.2 Å². The number of nitrogens with zero attached hydrogens (tertiary/aromatic N) is 1. The molecule has 0 atom stereocenters. The van der Waals surface area contributed by atoms with Crippen LogP contribution in [0.15, 0.2) is 59.6 Å². The number of nitrogens with one attached hydrogen (secondary N) is 1. The van der Waals surface area contributed by atoms with Crippen LogP contribution in [0.4, 0.5) is 0 Å². The first-order valence-corrected chi connectivity index (χ1v) is 7.95. The third-order valence-electron chi connectivity index (χ3n) is 3.27. The van der Waals surface area contributed by atoms with Crippen molar-refractivity contribution < 1.29 is 4.74 Å². The molecule has 0 unspecified atom stereocenters. The van der Waals surface area contributed by atoms with E-state index in [2.05, 4.69) is 34.6 Å². The van der Waals surface area contributed by atoms with E-state index in [4.69, 9.17) is 10.5 Å². The highest BCUT2D eigenvalue weighted by Gasteiger charge is 1.99. The van der Waals surface area contributed by atoms with Crippen LogP contribution < -0.4 is 15.8 Å². The molecule has 3 N–H and O–H groups in total. The minimum absolute atomic E-state index is 0. The Morgan fingerprint density at radius 2 is 1.79 bits per heavy atom. The van der Waals surface area contributed by atoms with Gasteiger partial charge in [-0.3, -0.25) is 4.99 Å². The zero-order valence-electron chi connectivity index (χ0n) is 14.2. The van der Waals surface area contributed by atoms with E-state index in [0.717, 1.165) is 17.7 Å². The van der Waals surface area contributed by atoms with E-state index < -0.39 is 0 Å². The molecule has 0 aliphatic heterocycles. The Morgan fingerprint density at radius 3 is 2.50 bits per heavy atom. The molecule has 0 aromatic heterocycles. The molecule has 0 aliphatic carbocycles. The van der Waals surface area contributed by atoms with Crippen LogP contribution in [0.2, 0.25) is 0 Å². The summed E-state index contributed by atoms with van der Waals surface area (Å²) in [6.45, 7) is 5.31. The maximum Gasteiger partial charge on any atom is 0.188 e. The van der Waals surface area contributed by atoms with Gasteiger partial charge in [0.1, 0.15) is 12.4 Å². The summed E-state index contributed by atoms with van der Waals surface area (Å²) in [6.07, 6.45) is 0.836. The number of aliphatic imine (C=N–C) groups is 1. The highest BCUT2D eigenvalue weighted by Crippen LogP contribution is 2.15. The summed E-state index contributed by atoms with van der Waals surface area (Å²) in [4.78, 5) is 4.33. The highest BCUT2D eigenvalue weighted by atomic mass is 127. The number of hydrogen-bond acceptors (Lipinski definition) is 2. The van der Waals surface area contributed by atoms with E-state index >= 15 is 0 Å². The molecule has 0 fully saturated rings. The van der Waals surface area contributed by atoms with Gasteiger partial charge in [-0.15, -0.1) is 24.0 Å². The van der Waals surface area contributed by atoms with Gasteiger partial charge in [0.2, 0.25) is 0 Å². The van der Waals surface area contributed by atoms with Crippen molar-refractivity contribution in [3.05, 3.63) is 65.7 Å². The smallest absolute Gasteiger partial charge is 0.188 e. The van der Waals surface area contributed by atoms with Crippen LogP contribution in [0.5, 0.6) is 5.75 Å². The topological polar surface area (TPSA) is 59.6 Å². The van der Waals surface area contributed by atoms with Gasteiger partial charge in [-0.1, -0.05) is 42.5 Å². The number of guanidine groups is 1. The number of benzene rings is 2. The van der Waals surface area contributed by atoms with Crippen molar-refractivity contribution in [1.82, 2.24) is 5.32 Å². The zero-order valence-corrected chi connectivity index (χ0v) is 16.6. The monoisotopic (exact) mass is 439 g/mol. The van der Waals surface area contributed by atoms with Crippen molar-refractivity contribution in [3.63, 3.8) is 0 Å². The fourth-order valence-electron chi connectivity index (χ4n) is 2.18. The second-order valence-electron chi connectivity index (χ2n) is 5.74. The van der Waals surface area contributed by atoms with Crippen molar-refractivity contribution in [2.75, 3.05) is 6.54 Å². The lowest BCUT2D eigenvalue weighted by molar-refractivity contribution is 0.306. The molecule has 0 spiro atoms. The number of rotatable bonds is 7. The van der Waals surface area contributed by atoms with E-state index in [0.29, 0.717) is 25.2 Å². The van der Waals surface area contributed by atoms with Crippen LogP contribution in [0.1, 0.15) is 25.0 Å². The third kappa shape index (κ3) is 7.68. The molecule has 4 nitrogen and oxygen atoms in total. The van der Waals surface area contributed by atoms with E-state index in [-0.39, 0.29) is 24.0 Å². The maximum atomic E-state index is 5.84. The molecule has 0 bridgehead atoms. The highest BCUT2D eigenvalue weighted by molar-refractivity contribution is 14.0. The van der Waals surface area contributed by atoms with Gasteiger partial charge >= 0.3 is 0 Å². The SMILES string of the molecule is CC(C)NC(N)=NCCc1cccc(OCc2ccccc2)c1.I. The number of nitrogens with two attached hydrogens (primary N) is 1. The van der Waals surface area contributed by atoms with Gasteiger partial charge in [0.05, 0.1) is 0 Å². The average molecular weight is 439 g/mol. The quantitative estimate of drug-likeness (QED) is 0.393. The van der Waals surface area contributed by atoms with E-state index in [1.54, 1.807) is 0 Å². The van der Waals surface area contributed by atoms with Gasteiger partial charge in [0, 0.05) is 12.6 Å². The lowest BCUT2D eigenvalue weighted by Crippen LogP contribution is -2.36. The molecule has 5 heteroatoms. The fraction of sp³-hybridized carbons (Fsp3) is 0.316. The van der Waals surface area contributed by atoms with Gasteiger partial charge in [-0.05, 0) is 43.5 Å². The zero-order chi connectivity index (χ0) is 16.5. The number of hydrogen-bond donors (Lipinski definition) is 2. The lowest BCUT2D eigenvalue weighted by atomic mass is 10.1. The minimum atomic E-state index is 0. The molecule has 0 amide bonds. The van der Waals surface area contributed by atoms with Crippen molar-refractivity contribution in [1.29, 1.82) is 0 Å². The largest absolute Gasteiger partial charge is 0.489 e. The molecule has 0 saturated heterocycles. The lowest BCUT2D eigenvalue weighted by Gasteiger charge is -2.09. The first kappa shape index (κ1) is 20.3. The van der Waals surface area contributed by atoms with Crippen molar-refractivity contribution in [2.24, 2.45) is 10.7 Å². The molecule has 0 heterocycles. The van der Waals surface area contributed by atoms with Crippen LogP contribution in [0.25, 0.3) is 0 Å². The Hall–Kier alpha value is -1.76. The molecule has 0 aliphatic rings. The Morgan fingerprint density at radius 1 is 1.08 bits per heavy atom. The third-order valence-corrected chi connectivity index (χ3v) is 3.27. The van der Waals surface area contributed by atoms with Crippen LogP contribution in [-0.2, 0) is 13.0 Å². The van der Waals surface area contributed by atoms with E-state index in [9.17, 15) is 0 Å². The van der Waals surface area contributed by atoms with Gasteiger partial charge < -0.3 is 15.8 Å². The summed E-state index contributed by atoms with van der Waals surface area (Å²) in [6, 6.07) is 18.6. The molecule has 24 heavy (non-hydrogen) atoms. The van der Waals surface area contributed by atoms with Gasteiger partial charge in [-0.25, -0.2) is 0 Å². The Kier molecular flexibility index (Phi) is 9.22. The first-order valence-electron chi connectivity index (χ1n) is 7.95. The maximum absolute atomic E-state index is 5.84. The second kappa shape index (κ2) is 10.9. The summed E-state index contributed by atoms with van der Waals surface area (Å²) in [5.74, 6) is 1.38. The Bertz CT molecular complexity index is 630. The summed E-state index contributed by atoms with van der Waals surface area (Å²) in [5.41, 5.74) is 8.15. The van der Waals surface area contributed by atoms with E-state index in [1.165, 1.54) is 5.56 Å². The molecular formula is C19H26IN3O. The molecule has 130 valence electrons. The summed E-state index contributed by atoms with van der Waals surface area (Å²) < 4.78 is 5.84. The van der Waals surface area contributed by atoms with Crippen molar-refractivity contribution in [2.45, 2.75) is 32.9 Å². The molecule has 0 radical (unpaired) electrons. The summed E-state index contributed by atoms with van der Waals surface area (Å²) in [7, 11) is 0. The van der Waals surface area contributed by atoms with Crippen LogP contribution in [0.3, 0.4) is 0 Å². The fourth-order valence-corrected chi connectivity index (χ4v) is 2.18. The predicted molar refractivity (Wildman–Crippen MR) is 111 cm³/mol. The van der Waals surface area contributed by atoms with Crippen molar-refractivity contribution in [3.8, 4) is 5.75 Å². The Labute approximate surface area is 161 Å². The first-order chi connectivity index (χ1) is 11.1. The standard InChI is InChI=1S/C19H25N3O.HI/c1-15(2)22-19(20)21-12-11-16-9-6-10-18(13-16)23-14-17-7-4-3-5-8-17;/h3-10,13,15H,11-12,14H2,1-2H3,(H3,20,21,22);1H. The van der Waals surface area contributed by atoms with Gasteiger partial charge in [0.15, 0.2) is 5.96 Å².